The maximum atomic E-state index is 12.0. The van der Waals surface area contributed by atoms with Crippen molar-refractivity contribution >= 4 is 5.97 Å². The van der Waals surface area contributed by atoms with E-state index >= 15 is 0 Å². The number of rotatable bonds is 3. The van der Waals surface area contributed by atoms with Gasteiger partial charge in [-0.3, -0.25) is 0 Å². The van der Waals surface area contributed by atoms with E-state index in [4.69, 9.17) is 14.5 Å². The molecule has 1 aliphatic heterocycles. The number of carbonyl (C=O) groups is 1. The van der Waals surface area contributed by atoms with Gasteiger partial charge in [0.05, 0.1) is 0 Å². The second-order valence-electron chi connectivity index (χ2n) is 7.00. The summed E-state index contributed by atoms with van der Waals surface area (Å²) in [6.07, 6.45) is 0.826. The Morgan fingerprint density at radius 1 is 1.18 bits per heavy atom. The lowest BCUT2D eigenvalue weighted by atomic mass is 9.82. The normalized spacial score (nSPS) is 20.9. The quantitative estimate of drug-likeness (QED) is 0.435. The summed E-state index contributed by atoms with van der Waals surface area (Å²) < 4.78 is 5.31. The highest BCUT2D eigenvalue weighted by Crippen LogP contribution is 2.44. The minimum absolute atomic E-state index is 0.0302. The summed E-state index contributed by atoms with van der Waals surface area (Å²) in [7, 11) is 0. The molecule has 1 unspecified atom stereocenters. The minimum atomic E-state index is -1.18. The van der Waals surface area contributed by atoms with Gasteiger partial charge in [0.15, 0.2) is 0 Å². The van der Waals surface area contributed by atoms with Crippen molar-refractivity contribution in [2.45, 2.75) is 66.3 Å². The third-order valence-corrected chi connectivity index (χ3v) is 2.51. The molecule has 0 saturated carbocycles. The highest BCUT2D eigenvalue weighted by molar-refractivity contribution is 5.80. The van der Waals surface area contributed by atoms with E-state index in [2.05, 4.69) is 20.8 Å². The van der Waals surface area contributed by atoms with Gasteiger partial charge in [-0.25, -0.2) is 4.79 Å². The topological polar surface area (TPSA) is 51.4 Å². The zero-order valence-corrected chi connectivity index (χ0v) is 11.9. The van der Waals surface area contributed by atoms with Crippen molar-refractivity contribution in [3.63, 3.8) is 0 Å². The Bertz CT molecular complexity index is 292. The molecule has 1 heterocycles. The molecule has 0 bridgehead atoms. The molecule has 1 rings (SSSR count). The fourth-order valence-corrected chi connectivity index (χ4v) is 1.88. The van der Waals surface area contributed by atoms with Crippen LogP contribution in [0.5, 0.6) is 0 Å². The second-order valence-corrected chi connectivity index (χ2v) is 7.00. The summed E-state index contributed by atoms with van der Waals surface area (Å²) in [6, 6.07) is 0. The second kappa shape index (κ2) is 4.25. The van der Waals surface area contributed by atoms with Crippen molar-refractivity contribution in [1.29, 1.82) is 0 Å². The maximum Gasteiger partial charge on any atom is 0.373 e. The molecular formula is C13H24O4. The Hall–Kier alpha value is -0.610. The Morgan fingerprint density at radius 2 is 1.65 bits per heavy atom. The van der Waals surface area contributed by atoms with Crippen LogP contribution in [0.1, 0.15) is 54.9 Å². The zero-order chi connectivity index (χ0) is 13.5. The molecule has 17 heavy (non-hydrogen) atoms. The predicted molar refractivity (Wildman–Crippen MR) is 64.0 cm³/mol. The van der Waals surface area contributed by atoms with Gasteiger partial charge >= 0.3 is 11.8 Å². The van der Waals surface area contributed by atoms with Gasteiger partial charge in [-0.15, -0.1) is 0 Å². The van der Waals surface area contributed by atoms with E-state index in [9.17, 15) is 4.79 Å². The van der Waals surface area contributed by atoms with Crippen LogP contribution in [-0.2, 0) is 19.3 Å². The van der Waals surface area contributed by atoms with Crippen LogP contribution in [0, 0.1) is 11.3 Å². The van der Waals surface area contributed by atoms with Gasteiger partial charge in [-0.1, -0.05) is 27.7 Å². The van der Waals surface area contributed by atoms with Crippen LogP contribution >= 0.6 is 0 Å². The molecule has 0 aromatic heterocycles. The summed E-state index contributed by atoms with van der Waals surface area (Å²) in [4.78, 5) is 21.9. The fourth-order valence-electron chi connectivity index (χ4n) is 1.88. The molecule has 1 saturated heterocycles. The van der Waals surface area contributed by atoms with E-state index in [1.807, 2.05) is 27.7 Å². The van der Waals surface area contributed by atoms with E-state index in [-0.39, 0.29) is 11.3 Å². The van der Waals surface area contributed by atoms with Gasteiger partial charge in [0.2, 0.25) is 0 Å². The molecule has 0 aromatic rings. The van der Waals surface area contributed by atoms with Gasteiger partial charge in [-0.05, 0) is 32.6 Å². The summed E-state index contributed by atoms with van der Waals surface area (Å²) in [6.45, 7) is 13.8. The van der Waals surface area contributed by atoms with Crippen LogP contribution in [0.3, 0.4) is 0 Å². The van der Waals surface area contributed by atoms with Gasteiger partial charge in [0, 0.05) is 5.92 Å². The van der Waals surface area contributed by atoms with Crippen molar-refractivity contribution in [2.24, 2.45) is 11.3 Å². The smallest absolute Gasteiger partial charge is 0.373 e. The lowest BCUT2D eigenvalue weighted by Crippen LogP contribution is -2.39. The van der Waals surface area contributed by atoms with Gasteiger partial charge in [0.1, 0.15) is 5.60 Å². The first-order valence-electron chi connectivity index (χ1n) is 6.07. The lowest BCUT2D eigenvalue weighted by Gasteiger charge is -2.26. The van der Waals surface area contributed by atoms with E-state index in [0.29, 0.717) is 0 Å². The van der Waals surface area contributed by atoms with Gasteiger partial charge < -0.3 is 4.74 Å². The number of hydrogen-bond acceptors (Lipinski definition) is 4. The molecule has 1 fully saturated rings. The van der Waals surface area contributed by atoms with E-state index in [1.165, 1.54) is 0 Å². The van der Waals surface area contributed by atoms with Gasteiger partial charge in [0.25, 0.3) is 0 Å². The van der Waals surface area contributed by atoms with Crippen LogP contribution in [0.25, 0.3) is 0 Å². The SMILES string of the molecule is CC(CC(C)(C)C)C1(C(=O)OC(C)(C)C)OO1. The fraction of sp³-hybridized carbons (Fsp3) is 0.923. The molecular weight excluding hydrogens is 220 g/mol. The average molecular weight is 244 g/mol. The molecule has 0 radical (unpaired) electrons. The molecule has 0 spiro atoms. The lowest BCUT2D eigenvalue weighted by molar-refractivity contribution is -0.165. The highest BCUT2D eigenvalue weighted by atomic mass is 17.4. The standard InChI is InChI=1S/C13H24O4/c1-9(8-11(2,3)4)13(16-17-13)10(14)15-12(5,6)7/h9H,8H2,1-7H3. The van der Waals surface area contributed by atoms with Gasteiger partial charge in [-0.2, -0.15) is 9.78 Å². The third-order valence-electron chi connectivity index (χ3n) is 2.51. The van der Waals surface area contributed by atoms with Crippen LogP contribution < -0.4 is 0 Å². The number of esters is 1. The Balaban J connectivity index is 2.66. The Morgan fingerprint density at radius 3 is 1.94 bits per heavy atom. The summed E-state index contributed by atoms with van der Waals surface area (Å²) in [5.74, 6) is -1.64. The maximum absolute atomic E-state index is 12.0. The minimum Gasteiger partial charge on any atom is -0.456 e. The van der Waals surface area contributed by atoms with Crippen molar-refractivity contribution in [2.75, 3.05) is 0 Å². The van der Waals surface area contributed by atoms with Crippen LogP contribution in [0.4, 0.5) is 0 Å². The van der Waals surface area contributed by atoms with E-state index < -0.39 is 17.4 Å². The van der Waals surface area contributed by atoms with Crippen molar-refractivity contribution < 1.29 is 19.3 Å². The number of carbonyl (C=O) groups excluding carboxylic acids is 1. The van der Waals surface area contributed by atoms with E-state index in [1.54, 1.807) is 0 Å². The first-order chi connectivity index (χ1) is 7.46. The van der Waals surface area contributed by atoms with Crippen molar-refractivity contribution in [1.82, 2.24) is 0 Å². The number of ether oxygens (including phenoxy) is 1. The average Bonchev–Trinajstić information content (AvgIpc) is 2.75. The van der Waals surface area contributed by atoms with Crippen molar-refractivity contribution in [3.05, 3.63) is 0 Å². The summed E-state index contributed by atoms with van der Waals surface area (Å²) in [5, 5.41) is 0. The van der Waals surface area contributed by atoms with Crippen LogP contribution in [0.2, 0.25) is 0 Å². The Labute approximate surface area is 104 Å². The molecule has 100 valence electrons. The molecule has 1 atom stereocenters. The van der Waals surface area contributed by atoms with Crippen molar-refractivity contribution in [3.8, 4) is 0 Å². The largest absolute Gasteiger partial charge is 0.456 e. The molecule has 0 aliphatic carbocycles. The third kappa shape index (κ3) is 3.96. The van der Waals surface area contributed by atoms with Crippen LogP contribution in [0.15, 0.2) is 0 Å². The first-order valence-corrected chi connectivity index (χ1v) is 6.07. The number of hydrogen-bond donors (Lipinski definition) is 0. The first kappa shape index (κ1) is 14.5. The predicted octanol–water partition coefficient (Wildman–Crippen LogP) is 3.06. The molecule has 4 nitrogen and oxygen atoms in total. The molecule has 1 aliphatic rings. The summed E-state index contributed by atoms with van der Waals surface area (Å²) in [5.41, 5.74) is -0.412. The molecule has 0 amide bonds. The monoisotopic (exact) mass is 244 g/mol. The highest BCUT2D eigenvalue weighted by Gasteiger charge is 2.63. The van der Waals surface area contributed by atoms with E-state index in [0.717, 1.165) is 6.42 Å². The molecule has 0 aromatic carbocycles. The Kier molecular flexibility index (Phi) is 3.61. The molecule has 0 N–H and O–H groups in total. The van der Waals surface area contributed by atoms with Crippen LogP contribution in [-0.4, -0.2) is 17.4 Å². The molecule has 4 heteroatoms. The zero-order valence-electron chi connectivity index (χ0n) is 11.9. The summed E-state index contributed by atoms with van der Waals surface area (Å²) >= 11 is 0.